The molecular weight excluding hydrogens is 503 g/mol. The van der Waals surface area contributed by atoms with Gasteiger partial charge in [-0.15, -0.1) is 10.2 Å². The Morgan fingerprint density at radius 3 is 2.27 bits per heavy atom. The smallest absolute Gasteiger partial charge is 0.204 e. The van der Waals surface area contributed by atoms with E-state index in [2.05, 4.69) is 20.2 Å². The number of halogens is 1. The van der Waals surface area contributed by atoms with Gasteiger partial charge in [-0.3, -0.25) is 4.57 Å². The predicted molar refractivity (Wildman–Crippen MR) is 133 cm³/mol. The maximum Gasteiger partial charge on any atom is 0.204 e. The van der Waals surface area contributed by atoms with Crippen molar-refractivity contribution in [1.29, 1.82) is 0 Å². The van der Waals surface area contributed by atoms with Gasteiger partial charge in [0.1, 0.15) is 34.5 Å². The van der Waals surface area contributed by atoms with Gasteiger partial charge in [-0.05, 0) is 45.0 Å². The first kappa shape index (κ1) is 26.2. The highest BCUT2D eigenvalue weighted by molar-refractivity contribution is 7.91. The Balaban J connectivity index is 1.84. The molecule has 3 aromatic heterocycles. The minimum atomic E-state index is -4.00. The summed E-state index contributed by atoms with van der Waals surface area (Å²) in [5, 5.41) is 7.27. The van der Waals surface area contributed by atoms with Gasteiger partial charge in [-0.2, -0.15) is 0 Å². The van der Waals surface area contributed by atoms with Crippen LogP contribution in [-0.4, -0.2) is 52.6 Å². The number of hydrogen-bond donors (Lipinski definition) is 1. The molecule has 4 aromatic rings. The second-order valence-electron chi connectivity index (χ2n) is 8.65. The van der Waals surface area contributed by atoms with Crippen LogP contribution in [0.2, 0.25) is 0 Å². The summed E-state index contributed by atoms with van der Waals surface area (Å²) in [6, 6.07) is 8.62. The molecule has 0 amide bonds. The van der Waals surface area contributed by atoms with Crippen molar-refractivity contribution in [3.8, 4) is 28.8 Å². The molecule has 0 radical (unpaired) electrons. The fourth-order valence-electron chi connectivity index (χ4n) is 3.86. The minimum absolute atomic E-state index is 0.00964. The zero-order chi connectivity index (χ0) is 27.0. The molecule has 2 N–H and O–H groups in total. The summed E-state index contributed by atoms with van der Waals surface area (Å²) in [6.07, 6.45) is 1.88. The lowest BCUT2D eigenvalue weighted by atomic mass is 9.99. The van der Waals surface area contributed by atoms with Crippen LogP contribution < -0.4 is 15.2 Å². The normalized spacial score (nSPS) is 14.2. The molecule has 0 saturated heterocycles. The van der Waals surface area contributed by atoms with Crippen LogP contribution in [-0.2, 0) is 21.1 Å². The van der Waals surface area contributed by atoms with E-state index in [9.17, 15) is 12.8 Å². The Labute approximate surface area is 213 Å². The van der Waals surface area contributed by atoms with Gasteiger partial charge in [0, 0.05) is 0 Å². The third-order valence-electron chi connectivity index (χ3n) is 6.13. The van der Waals surface area contributed by atoms with Crippen LogP contribution in [0, 0.1) is 12.7 Å². The molecule has 2 atom stereocenters. The first-order chi connectivity index (χ1) is 17.5. The molecule has 0 aliphatic rings. The highest BCUT2D eigenvalue weighted by Crippen LogP contribution is 2.37. The van der Waals surface area contributed by atoms with Crippen LogP contribution in [0.5, 0.6) is 11.5 Å². The second kappa shape index (κ2) is 9.90. The fourth-order valence-corrected chi connectivity index (χ4v) is 5.51. The van der Waals surface area contributed by atoms with Crippen molar-refractivity contribution in [3.05, 3.63) is 66.0 Å². The summed E-state index contributed by atoms with van der Waals surface area (Å²) in [5.74, 6) is 0.934. The number of nitrogens with zero attached hydrogens (tertiary/aromatic N) is 5. The van der Waals surface area contributed by atoms with Crippen LogP contribution in [0.1, 0.15) is 31.3 Å². The third kappa shape index (κ3) is 4.91. The van der Waals surface area contributed by atoms with Gasteiger partial charge < -0.3 is 19.6 Å². The summed E-state index contributed by atoms with van der Waals surface area (Å²) in [7, 11) is -1.02. The maximum absolute atomic E-state index is 13.7. The van der Waals surface area contributed by atoms with E-state index in [-0.39, 0.29) is 17.5 Å². The lowest BCUT2D eigenvalue weighted by Gasteiger charge is -2.29. The third-order valence-corrected chi connectivity index (χ3v) is 8.36. The van der Waals surface area contributed by atoms with Crippen molar-refractivity contribution in [2.24, 2.45) is 5.73 Å². The first-order valence-corrected chi connectivity index (χ1v) is 12.9. The number of nitrogens with two attached hydrogens (primary N) is 1. The van der Waals surface area contributed by atoms with Crippen molar-refractivity contribution in [2.75, 3.05) is 14.2 Å². The molecule has 37 heavy (non-hydrogen) atoms. The van der Waals surface area contributed by atoms with Crippen molar-refractivity contribution < 1.29 is 26.7 Å². The molecule has 0 unspecified atom stereocenters. The Morgan fingerprint density at radius 2 is 1.73 bits per heavy atom. The molecule has 0 spiro atoms. The number of para-hydroxylation sites is 1. The molecule has 13 heteroatoms. The lowest BCUT2D eigenvalue weighted by Crippen LogP contribution is -2.49. The van der Waals surface area contributed by atoms with Crippen LogP contribution >= 0.6 is 0 Å². The number of aromatic nitrogens is 5. The Kier molecular flexibility index (Phi) is 7.02. The Bertz CT molecular complexity index is 1490. The summed E-state index contributed by atoms with van der Waals surface area (Å²) in [5.41, 5.74) is 5.26. The number of methoxy groups -OCH3 is 2. The van der Waals surface area contributed by atoms with Gasteiger partial charge in [0.05, 0.1) is 37.4 Å². The van der Waals surface area contributed by atoms with Crippen molar-refractivity contribution in [2.45, 2.75) is 37.3 Å². The largest absolute Gasteiger partial charge is 0.494 e. The van der Waals surface area contributed by atoms with Gasteiger partial charge in [0.15, 0.2) is 27.2 Å². The summed E-state index contributed by atoms with van der Waals surface area (Å²) in [4.78, 5) is 7.79. The summed E-state index contributed by atoms with van der Waals surface area (Å²) < 4.78 is 59.1. The number of sulfone groups is 1. The molecule has 11 nitrogen and oxygen atoms in total. The molecular formula is C24H27FN6O5S. The molecule has 0 saturated carbocycles. The lowest BCUT2D eigenvalue weighted by molar-refractivity contribution is 0.390. The Morgan fingerprint density at radius 1 is 1.11 bits per heavy atom. The van der Waals surface area contributed by atoms with Crippen LogP contribution in [0.15, 0.2) is 47.1 Å². The molecule has 0 bridgehead atoms. The highest BCUT2D eigenvalue weighted by atomic mass is 32.2. The number of hydrogen-bond acceptors (Lipinski definition) is 10. The van der Waals surface area contributed by atoms with E-state index in [4.69, 9.17) is 19.6 Å². The SMILES string of the molecule is COc1cccc(OC)c1-n1c(CS(=O)(=O)[C@@H](C)[C@](C)(N)c2ncc(F)cn2)nnc1-c1ccc(C)o1. The number of furan rings is 1. The van der Waals surface area contributed by atoms with E-state index in [0.717, 1.165) is 12.4 Å². The van der Waals surface area contributed by atoms with E-state index in [1.165, 1.54) is 32.6 Å². The number of ether oxygens (including phenoxy) is 2. The average Bonchev–Trinajstić information content (AvgIpc) is 3.48. The summed E-state index contributed by atoms with van der Waals surface area (Å²) >= 11 is 0. The van der Waals surface area contributed by atoms with Gasteiger partial charge in [0.25, 0.3) is 0 Å². The molecule has 0 aliphatic heterocycles. The van der Waals surface area contributed by atoms with Crippen LogP contribution in [0.25, 0.3) is 17.3 Å². The van der Waals surface area contributed by atoms with Crippen molar-refractivity contribution in [1.82, 2.24) is 24.7 Å². The highest BCUT2D eigenvalue weighted by Gasteiger charge is 2.41. The molecule has 3 heterocycles. The van der Waals surface area contributed by atoms with E-state index < -0.39 is 32.2 Å². The van der Waals surface area contributed by atoms with Gasteiger partial charge >= 0.3 is 0 Å². The summed E-state index contributed by atoms with van der Waals surface area (Å²) in [6.45, 7) is 4.71. The first-order valence-electron chi connectivity index (χ1n) is 11.2. The second-order valence-corrected chi connectivity index (χ2v) is 11.0. The average molecular weight is 531 g/mol. The molecule has 4 rings (SSSR count). The van der Waals surface area contributed by atoms with Crippen molar-refractivity contribution in [3.63, 3.8) is 0 Å². The van der Waals surface area contributed by atoms with E-state index in [0.29, 0.717) is 28.7 Å². The van der Waals surface area contributed by atoms with Crippen LogP contribution in [0.4, 0.5) is 4.39 Å². The Hall–Kier alpha value is -3.84. The number of rotatable bonds is 9. The van der Waals surface area contributed by atoms with Gasteiger partial charge in [-0.25, -0.2) is 22.8 Å². The zero-order valence-corrected chi connectivity index (χ0v) is 21.8. The fraction of sp³-hybridized carbons (Fsp3) is 0.333. The molecule has 196 valence electrons. The van der Waals surface area contributed by atoms with Gasteiger partial charge in [0.2, 0.25) is 5.82 Å². The minimum Gasteiger partial charge on any atom is -0.494 e. The molecule has 0 aliphatic carbocycles. The van der Waals surface area contributed by atoms with Gasteiger partial charge in [-0.1, -0.05) is 6.07 Å². The molecule has 1 aromatic carbocycles. The molecule has 0 fully saturated rings. The number of aryl methyl sites for hydroxylation is 1. The van der Waals surface area contributed by atoms with E-state index in [1.807, 2.05) is 0 Å². The van der Waals surface area contributed by atoms with E-state index >= 15 is 0 Å². The van der Waals surface area contributed by atoms with Crippen LogP contribution in [0.3, 0.4) is 0 Å². The topological polar surface area (TPSA) is 148 Å². The maximum atomic E-state index is 13.7. The number of benzene rings is 1. The zero-order valence-electron chi connectivity index (χ0n) is 21.0. The standard InChI is InChI=1S/C24H27FN6O5S/c1-14-9-10-19(36-14)22-30-29-20(31(22)21-17(34-4)7-6-8-18(21)35-5)13-37(32,33)15(2)24(3,26)23-27-11-16(25)12-28-23/h6-12,15H,13,26H2,1-5H3/t15-,24-/m0/s1. The predicted octanol–water partition coefficient (Wildman–Crippen LogP) is 2.96. The quantitative estimate of drug-likeness (QED) is 0.342. The monoisotopic (exact) mass is 530 g/mol. The van der Waals surface area contributed by atoms with Crippen molar-refractivity contribution >= 4 is 9.84 Å². The van der Waals surface area contributed by atoms with E-state index in [1.54, 1.807) is 37.3 Å².